The average molecular weight is 296 g/mol. The van der Waals surface area contributed by atoms with Crippen LogP contribution in [0.15, 0.2) is 12.1 Å². The van der Waals surface area contributed by atoms with E-state index < -0.39 is 17.0 Å². The molecule has 21 heavy (non-hydrogen) atoms. The number of likely N-dealkylation sites (tertiary alicyclic amines) is 1. The Morgan fingerprint density at radius 1 is 1.19 bits per heavy atom. The number of benzene rings is 1. The number of carbonyl (C=O) groups is 1. The molecule has 0 aromatic heterocycles. The molecule has 1 aliphatic heterocycles. The summed E-state index contributed by atoms with van der Waals surface area (Å²) in [6.45, 7) is 7.32. The molecule has 0 spiro atoms. The molecule has 1 N–H and O–H groups in total. The smallest absolute Gasteiger partial charge is 0.238 e. The van der Waals surface area contributed by atoms with Gasteiger partial charge in [0.1, 0.15) is 11.6 Å². The quantitative estimate of drug-likeness (QED) is 0.928. The number of anilines is 1. The maximum atomic E-state index is 14.1. The lowest BCUT2D eigenvalue weighted by Crippen LogP contribution is -2.31. The van der Waals surface area contributed by atoms with Crippen LogP contribution in [0.4, 0.5) is 14.5 Å². The molecular weight excluding hydrogens is 274 g/mol. The Morgan fingerprint density at radius 2 is 1.71 bits per heavy atom. The van der Waals surface area contributed by atoms with Crippen LogP contribution < -0.4 is 5.32 Å². The fraction of sp³-hybridized carbons (Fsp3) is 0.562. The molecule has 5 heteroatoms. The number of nitrogens with one attached hydrogen (secondary N) is 1. The van der Waals surface area contributed by atoms with Crippen LogP contribution >= 0.6 is 0 Å². The van der Waals surface area contributed by atoms with E-state index in [-0.39, 0.29) is 23.7 Å². The molecule has 2 rings (SSSR count). The summed E-state index contributed by atoms with van der Waals surface area (Å²) in [5, 5.41) is 2.57. The Hall–Kier alpha value is -1.49. The molecule has 1 fully saturated rings. The van der Waals surface area contributed by atoms with Crippen molar-refractivity contribution in [2.24, 2.45) is 0 Å². The van der Waals surface area contributed by atoms with Gasteiger partial charge in [-0.05, 0) is 43.5 Å². The number of carbonyl (C=O) groups excluding carboxylic acids is 1. The maximum absolute atomic E-state index is 14.1. The van der Waals surface area contributed by atoms with Crippen molar-refractivity contribution in [3.05, 3.63) is 29.3 Å². The van der Waals surface area contributed by atoms with Crippen molar-refractivity contribution in [2.45, 2.75) is 39.0 Å². The molecule has 0 atom stereocenters. The van der Waals surface area contributed by atoms with Crippen molar-refractivity contribution in [1.82, 2.24) is 4.90 Å². The highest BCUT2D eigenvalue weighted by molar-refractivity contribution is 5.92. The van der Waals surface area contributed by atoms with E-state index >= 15 is 0 Å². The molecule has 3 nitrogen and oxygen atoms in total. The van der Waals surface area contributed by atoms with E-state index in [1.54, 1.807) is 20.8 Å². The van der Waals surface area contributed by atoms with Crippen molar-refractivity contribution in [1.29, 1.82) is 0 Å². The predicted molar refractivity (Wildman–Crippen MR) is 79.4 cm³/mol. The molecule has 1 saturated heterocycles. The molecule has 0 aliphatic carbocycles. The van der Waals surface area contributed by atoms with Gasteiger partial charge < -0.3 is 5.32 Å². The Labute approximate surface area is 124 Å². The van der Waals surface area contributed by atoms with Gasteiger partial charge in [0.25, 0.3) is 0 Å². The van der Waals surface area contributed by atoms with Crippen molar-refractivity contribution in [2.75, 3.05) is 25.0 Å². The van der Waals surface area contributed by atoms with Crippen LogP contribution in [0.2, 0.25) is 0 Å². The van der Waals surface area contributed by atoms with E-state index in [4.69, 9.17) is 0 Å². The summed E-state index contributed by atoms with van der Waals surface area (Å²) in [4.78, 5) is 13.9. The molecule has 1 aromatic carbocycles. The Morgan fingerprint density at radius 3 is 2.19 bits per heavy atom. The molecule has 0 unspecified atom stereocenters. The van der Waals surface area contributed by atoms with Crippen molar-refractivity contribution in [3.63, 3.8) is 0 Å². The summed E-state index contributed by atoms with van der Waals surface area (Å²) in [5.74, 6) is -1.49. The minimum atomic E-state index is -0.626. The largest absolute Gasteiger partial charge is 0.325 e. The SMILES string of the molecule is CC(C)(C)c1c(F)cc(NC(=O)CN2CCCC2)cc1F. The molecule has 0 bridgehead atoms. The number of nitrogens with zero attached hydrogens (tertiary/aromatic N) is 1. The average Bonchev–Trinajstić information content (AvgIpc) is 2.78. The summed E-state index contributed by atoms with van der Waals surface area (Å²) >= 11 is 0. The zero-order valence-electron chi connectivity index (χ0n) is 12.8. The molecule has 1 amide bonds. The van der Waals surface area contributed by atoms with Gasteiger partial charge in [0, 0.05) is 11.3 Å². The summed E-state index contributed by atoms with van der Waals surface area (Å²) < 4.78 is 28.1. The molecule has 1 heterocycles. The number of halogens is 2. The van der Waals surface area contributed by atoms with Gasteiger partial charge in [-0.15, -0.1) is 0 Å². The monoisotopic (exact) mass is 296 g/mol. The van der Waals surface area contributed by atoms with Crippen LogP contribution in [0.5, 0.6) is 0 Å². The highest BCUT2D eigenvalue weighted by Gasteiger charge is 2.24. The fourth-order valence-electron chi connectivity index (χ4n) is 2.71. The molecule has 1 aromatic rings. The van der Waals surface area contributed by atoms with Crippen LogP contribution in [0.25, 0.3) is 0 Å². The fourth-order valence-corrected chi connectivity index (χ4v) is 2.71. The van der Waals surface area contributed by atoms with Gasteiger partial charge in [0.2, 0.25) is 5.91 Å². The Bertz CT molecular complexity index is 509. The third-order valence-corrected chi connectivity index (χ3v) is 3.64. The summed E-state index contributed by atoms with van der Waals surface area (Å²) in [6, 6.07) is 2.37. The second-order valence-electron chi connectivity index (χ2n) is 6.60. The Balaban J connectivity index is 2.09. The summed E-state index contributed by atoms with van der Waals surface area (Å²) in [6.07, 6.45) is 2.19. The second-order valence-corrected chi connectivity index (χ2v) is 6.60. The van der Waals surface area contributed by atoms with Gasteiger partial charge in [0.15, 0.2) is 0 Å². The van der Waals surface area contributed by atoms with Gasteiger partial charge in [-0.1, -0.05) is 20.8 Å². The van der Waals surface area contributed by atoms with Gasteiger partial charge in [0.05, 0.1) is 6.54 Å². The Kier molecular flexibility index (Phi) is 4.61. The predicted octanol–water partition coefficient (Wildman–Crippen LogP) is 3.30. The van der Waals surface area contributed by atoms with Crippen molar-refractivity contribution in [3.8, 4) is 0 Å². The zero-order valence-corrected chi connectivity index (χ0v) is 12.8. The van der Waals surface area contributed by atoms with E-state index in [2.05, 4.69) is 5.32 Å². The van der Waals surface area contributed by atoms with Gasteiger partial charge in [-0.25, -0.2) is 8.78 Å². The lowest BCUT2D eigenvalue weighted by molar-refractivity contribution is -0.117. The van der Waals surface area contributed by atoms with Crippen LogP contribution in [-0.4, -0.2) is 30.4 Å². The second kappa shape index (κ2) is 6.10. The van der Waals surface area contributed by atoms with E-state index in [1.165, 1.54) is 12.1 Å². The minimum absolute atomic E-state index is 0.0417. The lowest BCUT2D eigenvalue weighted by Gasteiger charge is -2.21. The minimum Gasteiger partial charge on any atom is -0.325 e. The summed E-state index contributed by atoms with van der Waals surface area (Å²) in [7, 11) is 0. The van der Waals surface area contributed by atoms with E-state index in [0.29, 0.717) is 0 Å². The van der Waals surface area contributed by atoms with Crippen molar-refractivity contribution >= 4 is 11.6 Å². The van der Waals surface area contributed by atoms with E-state index in [9.17, 15) is 13.6 Å². The zero-order chi connectivity index (χ0) is 15.6. The van der Waals surface area contributed by atoms with Crippen molar-refractivity contribution < 1.29 is 13.6 Å². The molecule has 0 saturated carbocycles. The van der Waals surface area contributed by atoms with E-state index in [0.717, 1.165) is 25.9 Å². The van der Waals surface area contributed by atoms with Crippen LogP contribution in [-0.2, 0) is 10.2 Å². The van der Waals surface area contributed by atoms with Crippen LogP contribution in [0.3, 0.4) is 0 Å². The topological polar surface area (TPSA) is 32.3 Å². The van der Waals surface area contributed by atoms with Gasteiger partial charge in [-0.2, -0.15) is 0 Å². The number of amides is 1. The first kappa shape index (κ1) is 15.9. The third kappa shape index (κ3) is 4.00. The van der Waals surface area contributed by atoms with Crippen LogP contribution in [0.1, 0.15) is 39.2 Å². The molecule has 1 aliphatic rings. The summed E-state index contributed by atoms with van der Waals surface area (Å²) in [5.41, 5.74) is -0.408. The first-order valence-electron chi connectivity index (χ1n) is 7.29. The first-order valence-corrected chi connectivity index (χ1v) is 7.29. The molecule has 0 radical (unpaired) electrons. The van der Waals surface area contributed by atoms with Gasteiger partial charge in [-0.3, -0.25) is 9.69 Å². The standard InChI is InChI=1S/C16H22F2N2O/c1-16(2,3)15-12(17)8-11(9-13(15)18)19-14(21)10-20-6-4-5-7-20/h8-9H,4-7,10H2,1-3H3,(H,19,21). The van der Waals surface area contributed by atoms with Gasteiger partial charge >= 0.3 is 0 Å². The molecular formula is C16H22F2N2O. The number of hydrogen-bond donors (Lipinski definition) is 1. The van der Waals surface area contributed by atoms with E-state index in [1.807, 2.05) is 4.90 Å². The van der Waals surface area contributed by atoms with Crippen LogP contribution in [0, 0.1) is 11.6 Å². The highest BCUT2D eigenvalue weighted by atomic mass is 19.1. The normalized spacial score (nSPS) is 16.2. The lowest BCUT2D eigenvalue weighted by atomic mass is 9.86. The number of hydrogen-bond acceptors (Lipinski definition) is 2. The number of rotatable bonds is 3. The highest BCUT2D eigenvalue weighted by Crippen LogP contribution is 2.30. The maximum Gasteiger partial charge on any atom is 0.238 e. The first-order chi connectivity index (χ1) is 9.77. The third-order valence-electron chi connectivity index (χ3n) is 3.64. The molecule has 116 valence electrons.